The van der Waals surface area contributed by atoms with Crippen LogP contribution in [0.3, 0.4) is 0 Å². The normalized spacial score (nSPS) is 13.2. The molecule has 1 aromatic heterocycles. The molecule has 5 rings (SSSR count). The van der Waals surface area contributed by atoms with Crippen LogP contribution < -0.4 is 18.9 Å². The fourth-order valence-corrected chi connectivity index (χ4v) is 4.55. The molecule has 0 fully saturated rings. The van der Waals surface area contributed by atoms with Gasteiger partial charge in [-0.3, -0.25) is 4.90 Å². The predicted octanol–water partition coefficient (Wildman–Crippen LogP) is 4.47. The molecule has 0 unspecified atom stereocenters. The number of methoxy groups -OCH3 is 3. The third-order valence-corrected chi connectivity index (χ3v) is 6.70. The number of hydrogen-bond donors (Lipinski definition) is 0. The van der Waals surface area contributed by atoms with Crippen molar-refractivity contribution in [1.29, 1.82) is 0 Å². The van der Waals surface area contributed by atoms with Crippen LogP contribution in [0.2, 0.25) is 0 Å². The van der Waals surface area contributed by atoms with Gasteiger partial charge in [0.15, 0.2) is 11.5 Å². The van der Waals surface area contributed by atoms with E-state index in [0.29, 0.717) is 6.61 Å². The van der Waals surface area contributed by atoms with Crippen molar-refractivity contribution in [2.24, 2.45) is 0 Å². The van der Waals surface area contributed by atoms with E-state index in [4.69, 9.17) is 18.9 Å². The number of ether oxygens (including phenoxy) is 4. The maximum Gasteiger partial charge on any atom is 0.161 e. The Morgan fingerprint density at radius 3 is 2.22 bits per heavy atom. The van der Waals surface area contributed by atoms with E-state index in [-0.39, 0.29) is 0 Å². The molecule has 2 heterocycles. The van der Waals surface area contributed by atoms with Gasteiger partial charge in [0.2, 0.25) is 0 Å². The highest BCUT2D eigenvalue weighted by atomic mass is 16.5. The summed E-state index contributed by atoms with van der Waals surface area (Å²) in [6, 6.07) is 20.2. The van der Waals surface area contributed by atoms with E-state index in [9.17, 15) is 0 Å². The average Bonchev–Trinajstić information content (AvgIpc) is 3.43. The molecule has 0 spiro atoms. The van der Waals surface area contributed by atoms with Crippen molar-refractivity contribution in [2.45, 2.75) is 26.0 Å². The Labute approximate surface area is 217 Å². The minimum absolute atomic E-state index is 0.349. The average molecular weight is 501 g/mol. The lowest BCUT2D eigenvalue weighted by molar-refractivity contribution is 0.255. The number of rotatable bonds is 10. The van der Waals surface area contributed by atoms with Crippen LogP contribution in [0.5, 0.6) is 23.0 Å². The molecule has 8 heteroatoms. The summed E-state index contributed by atoms with van der Waals surface area (Å²) < 4.78 is 23.7. The molecule has 0 aliphatic carbocycles. The van der Waals surface area contributed by atoms with Gasteiger partial charge in [-0.25, -0.2) is 4.68 Å². The SMILES string of the molecule is COc1ccc(OCc2cn(-c3ccc(CCN4CCc5cc(OC)c(OC)cc5C4)cc3)nn2)cc1. The van der Waals surface area contributed by atoms with Crippen molar-refractivity contribution in [3.63, 3.8) is 0 Å². The van der Waals surface area contributed by atoms with Crippen molar-refractivity contribution in [3.05, 3.63) is 89.2 Å². The zero-order valence-corrected chi connectivity index (χ0v) is 21.5. The Hall–Kier alpha value is -4.04. The summed E-state index contributed by atoms with van der Waals surface area (Å²) in [5.41, 5.74) is 5.70. The van der Waals surface area contributed by atoms with Gasteiger partial charge >= 0.3 is 0 Å². The molecule has 0 radical (unpaired) electrons. The summed E-state index contributed by atoms with van der Waals surface area (Å²) in [4.78, 5) is 2.49. The fourth-order valence-electron chi connectivity index (χ4n) is 4.55. The second-order valence-corrected chi connectivity index (χ2v) is 9.04. The monoisotopic (exact) mass is 500 g/mol. The third kappa shape index (κ3) is 5.86. The minimum Gasteiger partial charge on any atom is -0.497 e. The van der Waals surface area contributed by atoms with Crippen molar-refractivity contribution in [1.82, 2.24) is 19.9 Å². The van der Waals surface area contributed by atoms with Crippen molar-refractivity contribution >= 4 is 0 Å². The molecule has 37 heavy (non-hydrogen) atoms. The lowest BCUT2D eigenvalue weighted by Crippen LogP contribution is -2.32. The summed E-state index contributed by atoms with van der Waals surface area (Å²) in [6.45, 7) is 3.32. The molecular formula is C29H32N4O4. The smallest absolute Gasteiger partial charge is 0.161 e. The van der Waals surface area contributed by atoms with E-state index in [2.05, 4.69) is 51.6 Å². The summed E-state index contributed by atoms with van der Waals surface area (Å²) in [5, 5.41) is 8.50. The van der Waals surface area contributed by atoms with E-state index >= 15 is 0 Å². The van der Waals surface area contributed by atoms with Gasteiger partial charge in [0.1, 0.15) is 23.8 Å². The number of hydrogen-bond acceptors (Lipinski definition) is 7. The minimum atomic E-state index is 0.349. The highest BCUT2D eigenvalue weighted by Gasteiger charge is 2.19. The summed E-state index contributed by atoms with van der Waals surface area (Å²) in [6.07, 6.45) is 3.90. The summed E-state index contributed by atoms with van der Waals surface area (Å²) in [5.74, 6) is 3.15. The van der Waals surface area contributed by atoms with E-state index < -0.39 is 0 Å². The first kappa shape index (κ1) is 24.6. The number of aromatic nitrogens is 3. The largest absolute Gasteiger partial charge is 0.497 e. The van der Waals surface area contributed by atoms with Gasteiger partial charge in [0.25, 0.3) is 0 Å². The van der Waals surface area contributed by atoms with Gasteiger partial charge < -0.3 is 18.9 Å². The molecule has 4 aromatic rings. The molecule has 0 bridgehead atoms. The van der Waals surface area contributed by atoms with E-state index in [0.717, 1.165) is 66.9 Å². The Morgan fingerprint density at radius 1 is 0.811 bits per heavy atom. The van der Waals surface area contributed by atoms with Gasteiger partial charge in [0, 0.05) is 19.6 Å². The quantitative estimate of drug-likeness (QED) is 0.318. The fraction of sp³-hybridized carbons (Fsp3) is 0.310. The predicted molar refractivity (Wildman–Crippen MR) is 141 cm³/mol. The van der Waals surface area contributed by atoms with E-state index in [1.54, 1.807) is 26.0 Å². The first-order valence-electron chi connectivity index (χ1n) is 12.4. The molecule has 192 valence electrons. The van der Waals surface area contributed by atoms with Gasteiger partial charge in [-0.15, -0.1) is 5.10 Å². The van der Waals surface area contributed by atoms with Crippen molar-refractivity contribution < 1.29 is 18.9 Å². The number of fused-ring (bicyclic) bond motifs is 1. The standard InChI is InChI=1S/C29H32N4O4/c1-34-26-8-10-27(11-9-26)37-20-24-19-33(31-30-24)25-6-4-21(5-7-25)12-14-32-15-13-22-16-28(35-2)29(36-3)17-23(22)18-32/h4-11,16-17,19H,12-15,18,20H2,1-3H3. The number of nitrogens with zero attached hydrogens (tertiary/aromatic N) is 4. The van der Waals surface area contributed by atoms with Crippen LogP contribution in [0.15, 0.2) is 66.9 Å². The molecular weight excluding hydrogens is 468 g/mol. The van der Waals surface area contributed by atoms with Gasteiger partial charge in [-0.05, 0) is 78.1 Å². The molecule has 0 N–H and O–H groups in total. The van der Waals surface area contributed by atoms with Crippen molar-refractivity contribution in [2.75, 3.05) is 34.4 Å². The van der Waals surface area contributed by atoms with E-state index in [1.807, 2.05) is 30.5 Å². The molecule has 0 saturated heterocycles. The molecule has 8 nitrogen and oxygen atoms in total. The molecule has 3 aromatic carbocycles. The molecule has 0 atom stereocenters. The van der Waals surface area contributed by atoms with Crippen LogP contribution in [0.25, 0.3) is 5.69 Å². The Morgan fingerprint density at radius 2 is 1.51 bits per heavy atom. The lowest BCUT2D eigenvalue weighted by Gasteiger charge is -2.29. The first-order chi connectivity index (χ1) is 18.1. The van der Waals surface area contributed by atoms with Gasteiger partial charge in [-0.1, -0.05) is 17.3 Å². The number of benzene rings is 3. The Bertz CT molecular complexity index is 1320. The zero-order chi connectivity index (χ0) is 25.6. The summed E-state index contributed by atoms with van der Waals surface area (Å²) in [7, 11) is 5.01. The molecule has 0 amide bonds. The Balaban J connectivity index is 1.14. The first-order valence-corrected chi connectivity index (χ1v) is 12.4. The topological polar surface area (TPSA) is 70.9 Å². The maximum atomic E-state index is 5.81. The van der Waals surface area contributed by atoms with Gasteiger partial charge in [-0.2, -0.15) is 0 Å². The van der Waals surface area contributed by atoms with E-state index in [1.165, 1.54) is 16.7 Å². The van der Waals surface area contributed by atoms with Crippen LogP contribution in [0.1, 0.15) is 22.4 Å². The van der Waals surface area contributed by atoms with Gasteiger partial charge in [0.05, 0.1) is 33.2 Å². The van der Waals surface area contributed by atoms with Crippen LogP contribution in [0, 0.1) is 0 Å². The maximum absolute atomic E-state index is 5.81. The third-order valence-electron chi connectivity index (χ3n) is 6.70. The Kier molecular flexibility index (Phi) is 7.56. The highest BCUT2D eigenvalue weighted by molar-refractivity contribution is 5.48. The zero-order valence-electron chi connectivity index (χ0n) is 21.5. The summed E-state index contributed by atoms with van der Waals surface area (Å²) >= 11 is 0. The molecule has 0 saturated carbocycles. The molecule has 1 aliphatic heterocycles. The van der Waals surface area contributed by atoms with Crippen LogP contribution in [-0.2, 0) is 26.0 Å². The molecule has 1 aliphatic rings. The van der Waals surface area contributed by atoms with Crippen LogP contribution >= 0.6 is 0 Å². The van der Waals surface area contributed by atoms with Crippen LogP contribution in [0.4, 0.5) is 0 Å². The van der Waals surface area contributed by atoms with Crippen LogP contribution in [-0.4, -0.2) is 54.3 Å². The second kappa shape index (κ2) is 11.3. The highest BCUT2D eigenvalue weighted by Crippen LogP contribution is 2.33. The van der Waals surface area contributed by atoms with Crippen molar-refractivity contribution in [3.8, 4) is 28.7 Å². The second-order valence-electron chi connectivity index (χ2n) is 9.04. The lowest BCUT2D eigenvalue weighted by atomic mass is 9.98.